The van der Waals surface area contributed by atoms with Crippen molar-refractivity contribution in [1.82, 2.24) is 9.78 Å². The molecular weight excluding hydrogens is 360 g/mol. The fourth-order valence-electron chi connectivity index (χ4n) is 2.98. The molecule has 3 aromatic rings. The van der Waals surface area contributed by atoms with Crippen molar-refractivity contribution in [3.05, 3.63) is 54.2 Å². The van der Waals surface area contributed by atoms with Gasteiger partial charge in [-0.05, 0) is 42.5 Å². The molecule has 1 aromatic heterocycles. The Morgan fingerprint density at radius 1 is 1.21 bits per heavy atom. The molecular formula is C20H20N4O4. The molecule has 0 aliphatic carbocycles. The maximum atomic E-state index is 12.7. The molecule has 1 aliphatic rings. The molecule has 0 saturated heterocycles. The first kappa shape index (κ1) is 17.9. The van der Waals surface area contributed by atoms with E-state index in [4.69, 9.17) is 19.9 Å². The van der Waals surface area contributed by atoms with Crippen LogP contribution in [0.2, 0.25) is 0 Å². The van der Waals surface area contributed by atoms with Crippen LogP contribution in [0.4, 0.5) is 5.69 Å². The summed E-state index contributed by atoms with van der Waals surface area (Å²) in [5, 5.41) is 7.12. The molecule has 8 nitrogen and oxygen atoms in total. The van der Waals surface area contributed by atoms with Gasteiger partial charge in [-0.15, -0.1) is 0 Å². The Balaban J connectivity index is 1.61. The first-order valence-electron chi connectivity index (χ1n) is 8.82. The van der Waals surface area contributed by atoms with E-state index in [1.807, 2.05) is 25.2 Å². The molecule has 28 heavy (non-hydrogen) atoms. The van der Waals surface area contributed by atoms with E-state index in [1.54, 1.807) is 35.1 Å². The van der Waals surface area contributed by atoms with E-state index in [0.29, 0.717) is 41.7 Å². The van der Waals surface area contributed by atoms with Gasteiger partial charge >= 0.3 is 0 Å². The smallest absolute Gasteiger partial charge is 0.255 e. The normalized spacial score (nSPS) is 12.1. The number of nitrogens with one attached hydrogen (secondary N) is 1. The van der Waals surface area contributed by atoms with Crippen molar-refractivity contribution in [2.75, 3.05) is 25.3 Å². The summed E-state index contributed by atoms with van der Waals surface area (Å²) in [5.74, 6) is 1.63. The summed E-state index contributed by atoms with van der Waals surface area (Å²) in [7, 11) is 1.85. The number of rotatable bonds is 6. The fraction of sp³-hybridized carbons (Fsp3) is 0.200. The topological polar surface area (TPSA) is 101 Å². The summed E-state index contributed by atoms with van der Waals surface area (Å²) in [6.07, 6.45) is 1.71. The Bertz CT molecular complexity index is 1020. The van der Waals surface area contributed by atoms with Gasteiger partial charge in [0.05, 0.1) is 5.69 Å². The van der Waals surface area contributed by atoms with Crippen LogP contribution in [-0.4, -0.2) is 35.6 Å². The number of nitrogens with zero attached hydrogens (tertiary/aromatic N) is 2. The number of hydrogen-bond donors (Lipinski definition) is 2. The van der Waals surface area contributed by atoms with Gasteiger partial charge in [-0.25, -0.2) is 0 Å². The van der Waals surface area contributed by atoms with Gasteiger partial charge in [-0.1, -0.05) is 0 Å². The molecule has 144 valence electrons. The van der Waals surface area contributed by atoms with E-state index >= 15 is 0 Å². The predicted octanol–water partition coefficient (Wildman–Crippen LogP) is 2.41. The van der Waals surface area contributed by atoms with Crippen molar-refractivity contribution < 1.29 is 19.0 Å². The van der Waals surface area contributed by atoms with Crippen molar-refractivity contribution in [1.29, 1.82) is 0 Å². The summed E-state index contributed by atoms with van der Waals surface area (Å²) < 4.78 is 18.1. The molecule has 0 unspecified atom stereocenters. The number of fused-ring (bicyclic) bond motifs is 1. The zero-order valence-corrected chi connectivity index (χ0v) is 15.3. The summed E-state index contributed by atoms with van der Waals surface area (Å²) in [5.41, 5.74) is 8.36. The van der Waals surface area contributed by atoms with Crippen LogP contribution in [0.15, 0.2) is 48.7 Å². The zero-order chi connectivity index (χ0) is 19.5. The average molecular weight is 380 g/mol. The number of amides is 1. The molecule has 0 atom stereocenters. The number of aryl methyl sites for hydroxylation is 1. The van der Waals surface area contributed by atoms with E-state index in [-0.39, 0.29) is 12.7 Å². The summed E-state index contributed by atoms with van der Waals surface area (Å²) >= 11 is 0. The lowest BCUT2D eigenvalue weighted by Gasteiger charge is -2.14. The lowest BCUT2D eigenvalue weighted by atomic mass is 10.1. The van der Waals surface area contributed by atoms with Gasteiger partial charge in [0.25, 0.3) is 5.91 Å². The van der Waals surface area contributed by atoms with Crippen LogP contribution in [0.1, 0.15) is 10.4 Å². The minimum absolute atomic E-state index is 0.165. The second-order valence-corrected chi connectivity index (χ2v) is 6.21. The first-order valence-corrected chi connectivity index (χ1v) is 8.82. The van der Waals surface area contributed by atoms with Crippen molar-refractivity contribution in [3.63, 3.8) is 0 Å². The SMILES string of the molecule is Cn1nccc1-c1cc(NC(=O)c2ccc3c(c2)OCO3)ccc1OCCN. The number of aromatic nitrogens is 2. The van der Waals surface area contributed by atoms with Crippen LogP contribution in [0.5, 0.6) is 17.2 Å². The molecule has 0 spiro atoms. The van der Waals surface area contributed by atoms with Gasteiger partial charge in [0.1, 0.15) is 12.4 Å². The maximum absolute atomic E-state index is 12.7. The van der Waals surface area contributed by atoms with Gasteiger partial charge < -0.3 is 25.3 Å². The molecule has 2 aromatic carbocycles. The molecule has 2 heterocycles. The molecule has 3 N–H and O–H groups in total. The highest BCUT2D eigenvalue weighted by Gasteiger charge is 2.17. The minimum Gasteiger partial charge on any atom is -0.492 e. The van der Waals surface area contributed by atoms with Crippen molar-refractivity contribution >= 4 is 11.6 Å². The average Bonchev–Trinajstić information content (AvgIpc) is 3.34. The standard InChI is InChI=1S/C20H20N4O4/c1-24-16(6-8-22-24)15-11-14(3-5-17(15)26-9-7-21)23-20(25)13-2-4-18-19(10-13)28-12-27-18/h2-6,8,10-11H,7,9,12,21H2,1H3,(H,23,25). The van der Waals surface area contributed by atoms with Crippen molar-refractivity contribution in [2.45, 2.75) is 0 Å². The van der Waals surface area contributed by atoms with E-state index in [9.17, 15) is 4.79 Å². The molecule has 8 heteroatoms. The second kappa shape index (κ2) is 7.61. The van der Waals surface area contributed by atoms with Crippen LogP contribution in [-0.2, 0) is 7.05 Å². The summed E-state index contributed by atoms with van der Waals surface area (Å²) in [6.45, 7) is 0.972. The first-order chi connectivity index (χ1) is 13.7. The third-order valence-corrected chi connectivity index (χ3v) is 4.34. The zero-order valence-electron chi connectivity index (χ0n) is 15.3. The quantitative estimate of drug-likeness (QED) is 0.681. The molecule has 1 aliphatic heterocycles. The molecule has 0 radical (unpaired) electrons. The lowest BCUT2D eigenvalue weighted by molar-refractivity contribution is 0.102. The van der Waals surface area contributed by atoms with Crippen LogP contribution >= 0.6 is 0 Å². The number of nitrogens with two attached hydrogens (primary N) is 1. The van der Waals surface area contributed by atoms with Gasteiger partial charge in [-0.2, -0.15) is 5.10 Å². The minimum atomic E-state index is -0.245. The van der Waals surface area contributed by atoms with Crippen LogP contribution in [0.25, 0.3) is 11.3 Å². The Labute approximate surface area is 161 Å². The largest absolute Gasteiger partial charge is 0.492 e. The monoisotopic (exact) mass is 380 g/mol. The van der Waals surface area contributed by atoms with Crippen LogP contribution < -0.4 is 25.3 Å². The van der Waals surface area contributed by atoms with Crippen LogP contribution in [0, 0.1) is 0 Å². The van der Waals surface area contributed by atoms with Crippen LogP contribution in [0.3, 0.4) is 0 Å². The molecule has 1 amide bonds. The van der Waals surface area contributed by atoms with Gasteiger partial charge in [0, 0.05) is 36.6 Å². The second-order valence-electron chi connectivity index (χ2n) is 6.21. The molecule has 4 rings (SSSR count). The lowest BCUT2D eigenvalue weighted by Crippen LogP contribution is -2.13. The number of carbonyl (C=O) groups excluding carboxylic acids is 1. The van der Waals surface area contributed by atoms with Crippen molar-refractivity contribution in [2.24, 2.45) is 12.8 Å². The summed E-state index contributed by atoms with van der Waals surface area (Å²) in [6, 6.07) is 12.4. The number of hydrogen-bond acceptors (Lipinski definition) is 6. The fourth-order valence-corrected chi connectivity index (χ4v) is 2.98. The maximum Gasteiger partial charge on any atom is 0.255 e. The van der Waals surface area contributed by atoms with E-state index in [1.165, 1.54) is 0 Å². The van der Waals surface area contributed by atoms with Gasteiger partial charge in [0.2, 0.25) is 6.79 Å². The molecule has 0 saturated carbocycles. The third-order valence-electron chi connectivity index (χ3n) is 4.34. The van der Waals surface area contributed by atoms with E-state index in [2.05, 4.69) is 10.4 Å². The Morgan fingerprint density at radius 2 is 2.07 bits per heavy atom. The predicted molar refractivity (Wildman–Crippen MR) is 104 cm³/mol. The van der Waals surface area contributed by atoms with Crippen molar-refractivity contribution in [3.8, 4) is 28.5 Å². The Kier molecular flexibility index (Phi) is 4.86. The van der Waals surface area contributed by atoms with Gasteiger partial charge in [0.15, 0.2) is 11.5 Å². The third kappa shape index (κ3) is 3.49. The summed E-state index contributed by atoms with van der Waals surface area (Å²) in [4.78, 5) is 12.7. The van der Waals surface area contributed by atoms with E-state index < -0.39 is 0 Å². The number of benzene rings is 2. The molecule has 0 bridgehead atoms. The highest BCUT2D eigenvalue weighted by Crippen LogP contribution is 2.34. The van der Waals surface area contributed by atoms with E-state index in [0.717, 1.165) is 11.3 Å². The Morgan fingerprint density at radius 3 is 2.86 bits per heavy atom. The number of carbonyl (C=O) groups is 1. The highest BCUT2D eigenvalue weighted by molar-refractivity contribution is 6.05. The number of anilines is 1. The molecule has 0 fully saturated rings. The highest BCUT2D eigenvalue weighted by atomic mass is 16.7. The number of ether oxygens (including phenoxy) is 3. The Hall–Kier alpha value is -3.52. The van der Waals surface area contributed by atoms with Gasteiger partial charge in [-0.3, -0.25) is 9.48 Å².